The van der Waals surface area contributed by atoms with Crippen molar-refractivity contribution < 1.29 is 14.5 Å². The van der Waals surface area contributed by atoms with Crippen LogP contribution in [0.15, 0.2) is 67.1 Å². The molecule has 0 unspecified atom stereocenters. The molecule has 0 fully saturated rings. The van der Waals surface area contributed by atoms with Gasteiger partial charge in [0, 0.05) is 30.7 Å². The van der Waals surface area contributed by atoms with Gasteiger partial charge in [-0.1, -0.05) is 0 Å². The Labute approximate surface area is 155 Å². The van der Waals surface area contributed by atoms with Gasteiger partial charge >= 0.3 is 5.97 Å². The number of hydrogen-bond donors (Lipinski definition) is 1. The third-order valence-corrected chi connectivity index (χ3v) is 3.82. The van der Waals surface area contributed by atoms with Gasteiger partial charge in [-0.3, -0.25) is 10.1 Å². The molecule has 0 aliphatic heterocycles. The van der Waals surface area contributed by atoms with Crippen LogP contribution >= 0.6 is 0 Å². The van der Waals surface area contributed by atoms with Crippen molar-refractivity contribution in [2.24, 2.45) is 0 Å². The van der Waals surface area contributed by atoms with Crippen molar-refractivity contribution in [3.8, 4) is 5.69 Å². The maximum Gasteiger partial charge on any atom is 0.338 e. The summed E-state index contributed by atoms with van der Waals surface area (Å²) in [6.07, 6.45) is 5.64. The van der Waals surface area contributed by atoms with Crippen LogP contribution in [0.3, 0.4) is 0 Å². The van der Waals surface area contributed by atoms with Gasteiger partial charge in [-0.15, -0.1) is 0 Å². The number of nitrogens with one attached hydrogen (secondary N) is 1. The highest BCUT2D eigenvalue weighted by atomic mass is 16.6. The molecule has 0 aliphatic carbocycles. The number of anilines is 1. The molecule has 1 aromatic carbocycles. The minimum Gasteiger partial charge on any atom is -0.462 e. The Kier molecular flexibility index (Phi) is 5.78. The van der Waals surface area contributed by atoms with Crippen LogP contribution in [-0.4, -0.2) is 33.6 Å². The summed E-state index contributed by atoms with van der Waals surface area (Å²) in [4.78, 5) is 26.1. The minimum atomic E-state index is -0.499. The van der Waals surface area contributed by atoms with Gasteiger partial charge in [-0.25, -0.2) is 9.78 Å². The van der Waals surface area contributed by atoms with E-state index in [0.717, 1.165) is 5.69 Å². The van der Waals surface area contributed by atoms with Crippen LogP contribution in [0.4, 0.5) is 11.5 Å². The summed E-state index contributed by atoms with van der Waals surface area (Å²) in [5.74, 6) is 0.162. The second-order valence-corrected chi connectivity index (χ2v) is 5.71. The Balaban J connectivity index is 1.40. The highest BCUT2D eigenvalue weighted by molar-refractivity contribution is 5.89. The average Bonchev–Trinajstić information content (AvgIpc) is 3.23. The number of nitro groups is 1. The smallest absolute Gasteiger partial charge is 0.338 e. The van der Waals surface area contributed by atoms with Crippen molar-refractivity contribution >= 4 is 17.5 Å². The van der Waals surface area contributed by atoms with Crippen molar-refractivity contribution in [3.63, 3.8) is 0 Å². The molecular weight excluding hydrogens is 348 g/mol. The Morgan fingerprint density at radius 3 is 2.52 bits per heavy atom. The molecule has 0 aliphatic rings. The maximum absolute atomic E-state index is 12.1. The molecule has 138 valence electrons. The third-order valence-electron chi connectivity index (χ3n) is 3.82. The number of ether oxygens (including phenoxy) is 1. The minimum absolute atomic E-state index is 0.0581. The SMILES string of the molecule is O=C(OCCCNc1ccc([N+](=O)[O-])cn1)c1ccc(-n2cccc2)cc1. The van der Waals surface area contributed by atoms with E-state index >= 15 is 0 Å². The highest BCUT2D eigenvalue weighted by Crippen LogP contribution is 2.12. The Morgan fingerprint density at radius 2 is 1.89 bits per heavy atom. The maximum atomic E-state index is 12.1. The van der Waals surface area contributed by atoms with Crippen molar-refractivity contribution in [2.45, 2.75) is 6.42 Å². The standard InChI is InChI=1S/C19H18N4O4/c24-19(15-4-6-16(7-5-15)22-11-1-2-12-22)27-13-3-10-20-18-9-8-17(14-21-18)23(25)26/h1-2,4-9,11-12,14H,3,10,13H2,(H,20,21). The van der Waals surface area contributed by atoms with Crippen LogP contribution in [0.25, 0.3) is 5.69 Å². The number of rotatable bonds is 8. The number of pyridine rings is 1. The third kappa shape index (κ3) is 4.91. The zero-order valence-electron chi connectivity index (χ0n) is 14.4. The molecule has 1 N–H and O–H groups in total. The number of benzene rings is 1. The van der Waals surface area contributed by atoms with Gasteiger partial charge in [-0.2, -0.15) is 0 Å². The zero-order valence-corrected chi connectivity index (χ0v) is 14.4. The second kappa shape index (κ2) is 8.61. The molecule has 8 nitrogen and oxygen atoms in total. The van der Waals surface area contributed by atoms with Gasteiger partial charge < -0.3 is 14.6 Å². The largest absolute Gasteiger partial charge is 0.462 e. The topological polar surface area (TPSA) is 99.3 Å². The Hall–Kier alpha value is -3.68. The van der Waals surface area contributed by atoms with Crippen LogP contribution in [0, 0.1) is 10.1 Å². The van der Waals surface area contributed by atoms with E-state index in [-0.39, 0.29) is 18.3 Å². The summed E-state index contributed by atoms with van der Waals surface area (Å²) in [5.41, 5.74) is 1.41. The van der Waals surface area contributed by atoms with Gasteiger partial charge in [-0.05, 0) is 48.9 Å². The molecule has 0 saturated carbocycles. The molecule has 2 aromatic heterocycles. The van der Waals surface area contributed by atoms with Gasteiger partial charge in [0.25, 0.3) is 5.69 Å². The molecule has 0 saturated heterocycles. The molecular formula is C19H18N4O4. The lowest BCUT2D eigenvalue weighted by Crippen LogP contribution is -2.11. The fourth-order valence-electron chi connectivity index (χ4n) is 2.41. The monoisotopic (exact) mass is 366 g/mol. The lowest BCUT2D eigenvalue weighted by molar-refractivity contribution is -0.385. The van der Waals surface area contributed by atoms with Crippen LogP contribution in [0.5, 0.6) is 0 Å². The molecule has 2 heterocycles. The predicted octanol–water partition coefficient (Wildman–Crippen LogP) is 3.44. The first-order chi connectivity index (χ1) is 13.1. The number of aromatic nitrogens is 2. The lowest BCUT2D eigenvalue weighted by atomic mass is 10.2. The summed E-state index contributed by atoms with van der Waals surface area (Å²) in [6, 6.07) is 14.0. The van der Waals surface area contributed by atoms with Gasteiger partial charge in [0.2, 0.25) is 0 Å². The van der Waals surface area contributed by atoms with Crippen molar-refractivity contribution in [2.75, 3.05) is 18.5 Å². The molecule has 0 atom stereocenters. The molecule has 27 heavy (non-hydrogen) atoms. The van der Waals surface area contributed by atoms with E-state index in [0.29, 0.717) is 24.3 Å². The normalized spacial score (nSPS) is 10.4. The summed E-state index contributed by atoms with van der Waals surface area (Å²) in [7, 11) is 0. The van der Waals surface area contributed by atoms with Crippen molar-refractivity contribution in [1.29, 1.82) is 0 Å². The summed E-state index contributed by atoms with van der Waals surface area (Å²) >= 11 is 0. The van der Waals surface area contributed by atoms with Crippen LogP contribution in [0.1, 0.15) is 16.8 Å². The lowest BCUT2D eigenvalue weighted by Gasteiger charge is -2.08. The summed E-state index contributed by atoms with van der Waals surface area (Å²) < 4.78 is 7.20. The van der Waals surface area contributed by atoms with E-state index < -0.39 is 4.92 Å². The Bertz CT molecular complexity index is 890. The molecule has 3 aromatic rings. The van der Waals surface area contributed by atoms with E-state index in [2.05, 4.69) is 10.3 Å². The predicted molar refractivity (Wildman–Crippen MR) is 100 cm³/mol. The van der Waals surface area contributed by atoms with E-state index in [1.54, 1.807) is 12.1 Å². The van der Waals surface area contributed by atoms with Crippen molar-refractivity contribution in [3.05, 3.63) is 82.8 Å². The molecule has 3 rings (SSSR count). The first kappa shape index (κ1) is 18.1. The second-order valence-electron chi connectivity index (χ2n) is 5.71. The number of hydrogen-bond acceptors (Lipinski definition) is 6. The molecule has 0 spiro atoms. The van der Waals surface area contributed by atoms with E-state index in [4.69, 9.17) is 4.74 Å². The summed E-state index contributed by atoms with van der Waals surface area (Å²) in [6.45, 7) is 0.794. The fourth-order valence-corrected chi connectivity index (χ4v) is 2.41. The molecule has 0 radical (unpaired) electrons. The van der Waals surface area contributed by atoms with E-state index in [9.17, 15) is 14.9 Å². The zero-order chi connectivity index (χ0) is 19.1. The number of esters is 1. The Morgan fingerprint density at radius 1 is 1.15 bits per heavy atom. The average molecular weight is 366 g/mol. The van der Waals surface area contributed by atoms with Gasteiger partial charge in [0.1, 0.15) is 12.0 Å². The van der Waals surface area contributed by atoms with Crippen molar-refractivity contribution in [1.82, 2.24) is 9.55 Å². The summed E-state index contributed by atoms with van der Waals surface area (Å²) in [5, 5.41) is 13.6. The van der Waals surface area contributed by atoms with Crippen LogP contribution < -0.4 is 5.32 Å². The van der Waals surface area contributed by atoms with Gasteiger partial charge in [0.15, 0.2) is 0 Å². The molecule has 0 bridgehead atoms. The van der Waals surface area contributed by atoms with E-state index in [1.807, 2.05) is 41.2 Å². The van der Waals surface area contributed by atoms with E-state index in [1.165, 1.54) is 18.3 Å². The fraction of sp³-hybridized carbons (Fsp3) is 0.158. The van der Waals surface area contributed by atoms with Crippen LogP contribution in [0.2, 0.25) is 0 Å². The number of carbonyl (C=O) groups excluding carboxylic acids is 1. The highest BCUT2D eigenvalue weighted by Gasteiger charge is 2.08. The van der Waals surface area contributed by atoms with Crippen LogP contribution in [-0.2, 0) is 4.74 Å². The van der Waals surface area contributed by atoms with Gasteiger partial charge in [0.05, 0.1) is 17.1 Å². The molecule has 8 heteroatoms. The number of nitrogens with zero attached hydrogens (tertiary/aromatic N) is 3. The molecule has 0 amide bonds. The number of carbonyl (C=O) groups is 1. The quantitative estimate of drug-likeness (QED) is 0.284. The first-order valence-corrected chi connectivity index (χ1v) is 8.38. The first-order valence-electron chi connectivity index (χ1n) is 8.38.